The molecule has 1 aromatic rings. The molecule has 1 unspecified atom stereocenters. The van der Waals surface area contributed by atoms with Crippen molar-refractivity contribution in [3.05, 3.63) is 35.4 Å². The van der Waals surface area contributed by atoms with Crippen LogP contribution in [0.2, 0.25) is 0 Å². The van der Waals surface area contributed by atoms with Gasteiger partial charge in [-0.3, -0.25) is 4.79 Å². The highest BCUT2D eigenvalue weighted by Gasteiger charge is 2.08. The van der Waals surface area contributed by atoms with Crippen molar-refractivity contribution in [2.45, 2.75) is 26.7 Å². The fourth-order valence-corrected chi connectivity index (χ4v) is 1.48. The summed E-state index contributed by atoms with van der Waals surface area (Å²) in [5.41, 5.74) is 7.80. The molecule has 1 aromatic carbocycles. The quantitative estimate of drug-likeness (QED) is 0.800. The fourth-order valence-electron chi connectivity index (χ4n) is 1.48. The van der Waals surface area contributed by atoms with Crippen LogP contribution in [0.15, 0.2) is 24.3 Å². The number of benzene rings is 1. The van der Waals surface area contributed by atoms with E-state index in [9.17, 15) is 4.79 Å². The number of carbonyl (C=O) groups is 1. The third kappa shape index (κ3) is 4.26. The van der Waals surface area contributed by atoms with Gasteiger partial charge in [-0.1, -0.05) is 36.8 Å². The highest BCUT2D eigenvalue weighted by Crippen LogP contribution is 2.08. The van der Waals surface area contributed by atoms with E-state index in [1.54, 1.807) is 0 Å². The Bertz CT molecular complexity index is 316. The Morgan fingerprint density at radius 1 is 1.33 bits per heavy atom. The largest absolute Gasteiger partial charge is 0.330 e. The lowest BCUT2D eigenvalue weighted by molar-refractivity contribution is -0.119. The predicted molar refractivity (Wildman–Crippen MR) is 62.7 cm³/mol. The molecule has 0 saturated carbocycles. The van der Waals surface area contributed by atoms with Crippen molar-refractivity contribution in [1.82, 2.24) is 0 Å². The molecule has 1 rings (SSSR count). The molecule has 15 heavy (non-hydrogen) atoms. The molecule has 0 amide bonds. The van der Waals surface area contributed by atoms with Gasteiger partial charge in [-0.25, -0.2) is 0 Å². The van der Waals surface area contributed by atoms with Gasteiger partial charge in [0, 0.05) is 12.8 Å². The zero-order valence-electron chi connectivity index (χ0n) is 9.49. The van der Waals surface area contributed by atoms with Crippen LogP contribution in [0.25, 0.3) is 0 Å². The number of hydrogen-bond donors (Lipinski definition) is 1. The van der Waals surface area contributed by atoms with Gasteiger partial charge in [0.1, 0.15) is 5.78 Å². The number of hydrogen-bond acceptors (Lipinski definition) is 2. The van der Waals surface area contributed by atoms with E-state index in [2.05, 4.69) is 0 Å². The number of ketones is 1. The van der Waals surface area contributed by atoms with Crippen molar-refractivity contribution in [3.8, 4) is 0 Å². The smallest absolute Gasteiger partial charge is 0.137 e. The third-order valence-electron chi connectivity index (χ3n) is 2.50. The second-order valence-corrected chi connectivity index (χ2v) is 4.25. The molecule has 0 aliphatic heterocycles. The average molecular weight is 205 g/mol. The molecule has 2 heteroatoms. The number of rotatable bonds is 5. The summed E-state index contributed by atoms with van der Waals surface area (Å²) in [6.45, 7) is 4.63. The van der Waals surface area contributed by atoms with Crippen LogP contribution in [0, 0.1) is 12.8 Å². The molecule has 0 radical (unpaired) electrons. The van der Waals surface area contributed by atoms with Crippen molar-refractivity contribution in [2.24, 2.45) is 11.7 Å². The van der Waals surface area contributed by atoms with Gasteiger partial charge in [0.05, 0.1) is 0 Å². The summed E-state index contributed by atoms with van der Waals surface area (Å²) in [5, 5.41) is 0. The van der Waals surface area contributed by atoms with E-state index in [1.807, 2.05) is 38.1 Å². The fraction of sp³-hybridized carbons (Fsp3) is 0.462. The van der Waals surface area contributed by atoms with E-state index in [4.69, 9.17) is 5.73 Å². The molecule has 0 fully saturated rings. The highest BCUT2D eigenvalue weighted by molar-refractivity contribution is 5.81. The van der Waals surface area contributed by atoms with Gasteiger partial charge < -0.3 is 5.73 Å². The van der Waals surface area contributed by atoms with Crippen molar-refractivity contribution in [3.63, 3.8) is 0 Å². The summed E-state index contributed by atoms with van der Waals surface area (Å²) in [7, 11) is 0. The molecule has 2 nitrogen and oxygen atoms in total. The summed E-state index contributed by atoms with van der Waals surface area (Å²) in [6, 6.07) is 8.10. The Kier molecular flexibility index (Phi) is 4.50. The summed E-state index contributed by atoms with van der Waals surface area (Å²) in [4.78, 5) is 11.6. The Balaban J connectivity index is 2.48. The summed E-state index contributed by atoms with van der Waals surface area (Å²) >= 11 is 0. The van der Waals surface area contributed by atoms with Gasteiger partial charge in [-0.15, -0.1) is 0 Å². The van der Waals surface area contributed by atoms with Crippen LogP contribution in [-0.2, 0) is 11.2 Å². The van der Waals surface area contributed by atoms with Gasteiger partial charge in [0.25, 0.3) is 0 Å². The summed E-state index contributed by atoms with van der Waals surface area (Å²) in [6.07, 6.45) is 1.12. The molecule has 82 valence electrons. The maximum absolute atomic E-state index is 11.6. The van der Waals surface area contributed by atoms with E-state index in [-0.39, 0.29) is 5.78 Å². The molecule has 0 spiro atoms. The molecule has 0 aliphatic carbocycles. The molecule has 0 saturated heterocycles. The summed E-state index contributed by atoms with van der Waals surface area (Å²) in [5.74, 6) is 0.569. The zero-order chi connectivity index (χ0) is 11.3. The van der Waals surface area contributed by atoms with Gasteiger partial charge in [0.15, 0.2) is 0 Å². The third-order valence-corrected chi connectivity index (χ3v) is 2.50. The Hall–Kier alpha value is -1.15. The van der Waals surface area contributed by atoms with Crippen LogP contribution < -0.4 is 5.73 Å². The van der Waals surface area contributed by atoms with Gasteiger partial charge in [-0.05, 0) is 24.9 Å². The van der Waals surface area contributed by atoms with Crippen LogP contribution in [0.5, 0.6) is 0 Å². The first-order chi connectivity index (χ1) is 7.11. The lowest BCUT2D eigenvalue weighted by Crippen LogP contribution is -2.16. The van der Waals surface area contributed by atoms with Crippen LogP contribution in [0.1, 0.15) is 24.5 Å². The number of carbonyl (C=O) groups excluding carboxylic acids is 1. The Labute approximate surface area is 91.5 Å². The van der Waals surface area contributed by atoms with Crippen LogP contribution in [0.4, 0.5) is 0 Å². The first kappa shape index (κ1) is 11.9. The predicted octanol–water partition coefficient (Wildman–Crippen LogP) is 2.09. The number of aryl methyl sites for hydroxylation is 1. The summed E-state index contributed by atoms with van der Waals surface area (Å²) < 4.78 is 0. The maximum atomic E-state index is 11.6. The first-order valence-electron chi connectivity index (χ1n) is 5.39. The maximum Gasteiger partial charge on any atom is 0.137 e. The minimum atomic E-state index is 0.275. The lowest BCUT2D eigenvalue weighted by Gasteiger charge is -2.07. The topological polar surface area (TPSA) is 43.1 Å². The average Bonchev–Trinajstić information content (AvgIpc) is 2.21. The Morgan fingerprint density at radius 3 is 2.47 bits per heavy atom. The number of nitrogens with two attached hydrogens (primary N) is 1. The van der Waals surface area contributed by atoms with Crippen molar-refractivity contribution in [2.75, 3.05) is 6.54 Å². The molecule has 0 heterocycles. The molecule has 0 aliphatic rings. The lowest BCUT2D eigenvalue weighted by atomic mass is 9.99. The zero-order valence-corrected chi connectivity index (χ0v) is 9.49. The van der Waals surface area contributed by atoms with Gasteiger partial charge in [-0.2, -0.15) is 0 Å². The van der Waals surface area contributed by atoms with Crippen molar-refractivity contribution >= 4 is 5.78 Å². The van der Waals surface area contributed by atoms with E-state index >= 15 is 0 Å². The van der Waals surface area contributed by atoms with E-state index in [0.717, 1.165) is 5.56 Å². The second kappa shape index (κ2) is 5.66. The van der Waals surface area contributed by atoms with Crippen LogP contribution in [0.3, 0.4) is 0 Å². The highest BCUT2D eigenvalue weighted by atomic mass is 16.1. The standard InChI is InChI=1S/C13H19NO/c1-10-3-5-12(6-4-10)8-13(15)7-11(2)9-14/h3-6,11H,7-9,14H2,1-2H3. The number of Topliss-reactive ketones (excluding diaryl/α,β-unsaturated/α-hetero) is 1. The SMILES string of the molecule is Cc1ccc(CC(=O)CC(C)CN)cc1. The van der Waals surface area contributed by atoms with Crippen molar-refractivity contribution in [1.29, 1.82) is 0 Å². The van der Waals surface area contributed by atoms with Crippen molar-refractivity contribution < 1.29 is 4.79 Å². The minimum Gasteiger partial charge on any atom is -0.330 e. The van der Waals surface area contributed by atoms with Crippen LogP contribution >= 0.6 is 0 Å². The second-order valence-electron chi connectivity index (χ2n) is 4.25. The molecule has 2 N–H and O–H groups in total. The van der Waals surface area contributed by atoms with Gasteiger partial charge in [0.2, 0.25) is 0 Å². The Morgan fingerprint density at radius 2 is 1.93 bits per heavy atom. The van der Waals surface area contributed by atoms with E-state index in [0.29, 0.717) is 25.3 Å². The molecule has 1 atom stereocenters. The molecule has 0 bridgehead atoms. The first-order valence-corrected chi connectivity index (χ1v) is 5.39. The molecule has 0 aromatic heterocycles. The van der Waals surface area contributed by atoms with Gasteiger partial charge >= 0.3 is 0 Å². The molecular formula is C13H19NO. The molecular weight excluding hydrogens is 186 g/mol. The van der Waals surface area contributed by atoms with E-state index in [1.165, 1.54) is 5.56 Å². The van der Waals surface area contributed by atoms with E-state index < -0.39 is 0 Å². The van der Waals surface area contributed by atoms with Crippen LogP contribution in [-0.4, -0.2) is 12.3 Å². The minimum absolute atomic E-state index is 0.275. The monoisotopic (exact) mass is 205 g/mol. The normalized spacial score (nSPS) is 12.5.